The molecule has 3 nitrogen and oxygen atoms in total. The van der Waals surface area contributed by atoms with Crippen molar-refractivity contribution in [1.82, 2.24) is 9.88 Å². The summed E-state index contributed by atoms with van der Waals surface area (Å²) in [5.41, 5.74) is 2.46. The lowest BCUT2D eigenvalue weighted by atomic mass is 10.0. The zero-order valence-corrected chi connectivity index (χ0v) is 10.9. The van der Waals surface area contributed by atoms with Gasteiger partial charge < -0.3 is 15.2 Å². The smallest absolute Gasteiger partial charge is 0.0455 e. The van der Waals surface area contributed by atoms with Crippen LogP contribution in [0.1, 0.15) is 19.8 Å². The molecule has 96 valence electrons. The van der Waals surface area contributed by atoms with Gasteiger partial charge in [0.05, 0.1) is 0 Å². The number of hydrogen-bond acceptors (Lipinski definition) is 2. The number of H-pyrrole nitrogens is 1. The topological polar surface area (TPSA) is 31.1 Å². The quantitative estimate of drug-likeness (QED) is 0.868. The van der Waals surface area contributed by atoms with Crippen LogP contribution in [-0.4, -0.2) is 35.6 Å². The van der Waals surface area contributed by atoms with Gasteiger partial charge in [-0.25, -0.2) is 0 Å². The minimum atomic E-state index is 0.629. The van der Waals surface area contributed by atoms with Gasteiger partial charge in [0.25, 0.3) is 0 Å². The molecule has 0 bridgehead atoms. The van der Waals surface area contributed by atoms with E-state index in [1.165, 1.54) is 49.1 Å². The standard InChI is InChI=1S/C15H21N3/c1-2-18-9-6-13(7-10-18)17-14-3-4-15-12(11-14)5-8-16-15/h3-5,8,11,13,16-17H,2,6-7,9-10H2,1H3. The number of nitrogens with one attached hydrogen (secondary N) is 2. The number of aromatic amines is 1. The molecule has 2 aromatic rings. The lowest BCUT2D eigenvalue weighted by Gasteiger charge is -2.32. The summed E-state index contributed by atoms with van der Waals surface area (Å²) in [6, 6.07) is 9.31. The van der Waals surface area contributed by atoms with E-state index in [9.17, 15) is 0 Å². The van der Waals surface area contributed by atoms with Crippen LogP contribution in [-0.2, 0) is 0 Å². The fraction of sp³-hybridized carbons (Fsp3) is 0.467. The average Bonchev–Trinajstić information content (AvgIpc) is 2.87. The van der Waals surface area contributed by atoms with Crippen molar-refractivity contribution in [2.75, 3.05) is 25.0 Å². The van der Waals surface area contributed by atoms with Crippen LogP contribution in [0.2, 0.25) is 0 Å². The van der Waals surface area contributed by atoms with Gasteiger partial charge in [0, 0.05) is 41.9 Å². The molecule has 1 aliphatic heterocycles. The minimum absolute atomic E-state index is 0.629. The van der Waals surface area contributed by atoms with E-state index in [-0.39, 0.29) is 0 Å². The Labute approximate surface area is 108 Å². The van der Waals surface area contributed by atoms with Crippen LogP contribution in [0.5, 0.6) is 0 Å². The summed E-state index contributed by atoms with van der Waals surface area (Å²) < 4.78 is 0. The summed E-state index contributed by atoms with van der Waals surface area (Å²) in [5.74, 6) is 0. The number of likely N-dealkylation sites (tertiary alicyclic amines) is 1. The monoisotopic (exact) mass is 243 g/mol. The highest BCUT2D eigenvalue weighted by Gasteiger charge is 2.17. The maximum absolute atomic E-state index is 3.67. The largest absolute Gasteiger partial charge is 0.382 e. The lowest BCUT2D eigenvalue weighted by molar-refractivity contribution is 0.229. The Morgan fingerprint density at radius 3 is 2.89 bits per heavy atom. The van der Waals surface area contributed by atoms with Crippen molar-refractivity contribution in [3.05, 3.63) is 30.5 Å². The van der Waals surface area contributed by atoms with Crippen molar-refractivity contribution in [3.8, 4) is 0 Å². The first-order valence-corrected chi connectivity index (χ1v) is 6.91. The van der Waals surface area contributed by atoms with E-state index in [4.69, 9.17) is 0 Å². The van der Waals surface area contributed by atoms with Crippen LogP contribution in [0.4, 0.5) is 5.69 Å². The van der Waals surface area contributed by atoms with Gasteiger partial charge >= 0.3 is 0 Å². The Bertz CT molecular complexity index is 509. The molecule has 0 spiro atoms. The second-order valence-electron chi connectivity index (χ2n) is 5.13. The van der Waals surface area contributed by atoms with E-state index in [2.05, 4.69) is 46.4 Å². The second kappa shape index (κ2) is 5.02. The number of benzene rings is 1. The Kier molecular flexibility index (Phi) is 3.24. The second-order valence-corrected chi connectivity index (χ2v) is 5.13. The van der Waals surface area contributed by atoms with E-state index in [0.717, 1.165) is 0 Å². The molecule has 0 radical (unpaired) electrons. The molecule has 2 N–H and O–H groups in total. The highest BCUT2D eigenvalue weighted by molar-refractivity contribution is 5.83. The molecule has 18 heavy (non-hydrogen) atoms. The van der Waals surface area contributed by atoms with Crippen LogP contribution >= 0.6 is 0 Å². The summed E-state index contributed by atoms with van der Waals surface area (Å²) in [6.07, 6.45) is 4.49. The molecular formula is C15H21N3. The van der Waals surface area contributed by atoms with Crippen molar-refractivity contribution >= 4 is 16.6 Å². The molecule has 3 rings (SSSR count). The molecule has 0 amide bonds. The SMILES string of the molecule is CCN1CCC(Nc2ccc3[nH]ccc3c2)CC1. The average molecular weight is 243 g/mol. The summed E-state index contributed by atoms with van der Waals surface area (Å²) in [6.45, 7) is 5.87. The van der Waals surface area contributed by atoms with Gasteiger partial charge in [0.2, 0.25) is 0 Å². The number of anilines is 1. The van der Waals surface area contributed by atoms with Crippen molar-refractivity contribution in [1.29, 1.82) is 0 Å². The third-order valence-corrected chi connectivity index (χ3v) is 3.96. The number of nitrogens with zero attached hydrogens (tertiary/aromatic N) is 1. The molecule has 2 heterocycles. The number of aromatic nitrogens is 1. The zero-order valence-electron chi connectivity index (χ0n) is 10.9. The Balaban J connectivity index is 1.65. The van der Waals surface area contributed by atoms with Crippen molar-refractivity contribution in [2.24, 2.45) is 0 Å². The van der Waals surface area contributed by atoms with Gasteiger partial charge in [0.15, 0.2) is 0 Å². The summed E-state index contributed by atoms with van der Waals surface area (Å²) in [4.78, 5) is 5.75. The van der Waals surface area contributed by atoms with Gasteiger partial charge in [-0.05, 0) is 43.7 Å². The van der Waals surface area contributed by atoms with Crippen molar-refractivity contribution in [2.45, 2.75) is 25.8 Å². The minimum Gasteiger partial charge on any atom is -0.382 e. The van der Waals surface area contributed by atoms with Gasteiger partial charge in [-0.3, -0.25) is 0 Å². The maximum Gasteiger partial charge on any atom is 0.0455 e. The molecule has 0 atom stereocenters. The highest BCUT2D eigenvalue weighted by Crippen LogP contribution is 2.21. The van der Waals surface area contributed by atoms with Gasteiger partial charge in [-0.15, -0.1) is 0 Å². The molecule has 1 aliphatic rings. The molecular weight excluding hydrogens is 222 g/mol. The zero-order chi connectivity index (χ0) is 12.4. The Morgan fingerprint density at radius 2 is 2.11 bits per heavy atom. The van der Waals surface area contributed by atoms with Crippen LogP contribution < -0.4 is 5.32 Å². The van der Waals surface area contributed by atoms with Gasteiger partial charge in [0.1, 0.15) is 0 Å². The van der Waals surface area contributed by atoms with E-state index in [1.807, 2.05) is 6.20 Å². The molecule has 1 fully saturated rings. The Morgan fingerprint density at radius 1 is 1.28 bits per heavy atom. The predicted molar refractivity (Wildman–Crippen MR) is 77.1 cm³/mol. The van der Waals surface area contributed by atoms with E-state index in [1.54, 1.807) is 0 Å². The first-order valence-electron chi connectivity index (χ1n) is 6.91. The lowest BCUT2D eigenvalue weighted by Crippen LogP contribution is -2.38. The Hall–Kier alpha value is -1.48. The van der Waals surface area contributed by atoms with Crippen molar-refractivity contribution < 1.29 is 0 Å². The molecule has 1 aromatic carbocycles. The highest BCUT2D eigenvalue weighted by atomic mass is 15.1. The molecule has 0 saturated carbocycles. The molecule has 3 heteroatoms. The third-order valence-electron chi connectivity index (χ3n) is 3.96. The van der Waals surface area contributed by atoms with E-state index >= 15 is 0 Å². The predicted octanol–water partition coefficient (Wildman–Crippen LogP) is 3.06. The van der Waals surface area contributed by atoms with Gasteiger partial charge in [-0.2, -0.15) is 0 Å². The summed E-state index contributed by atoms with van der Waals surface area (Å²) in [7, 11) is 0. The number of hydrogen-bond donors (Lipinski definition) is 2. The first kappa shape index (κ1) is 11.6. The normalized spacial score (nSPS) is 18.3. The summed E-state index contributed by atoms with van der Waals surface area (Å²) >= 11 is 0. The molecule has 1 saturated heterocycles. The molecule has 0 unspecified atom stereocenters. The fourth-order valence-corrected chi connectivity index (χ4v) is 2.77. The maximum atomic E-state index is 3.67. The van der Waals surface area contributed by atoms with E-state index < -0.39 is 0 Å². The van der Waals surface area contributed by atoms with E-state index in [0.29, 0.717) is 6.04 Å². The molecule has 1 aromatic heterocycles. The number of piperidine rings is 1. The number of fused-ring (bicyclic) bond motifs is 1. The molecule has 0 aliphatic carbocycles. The van der Waals surface area contributed by atoms with Crippen LogP contribution in [0.25, 0.3) is 10.9 Å². The fourth-order valence-electron chi connectivity index (χ4n) is 2.77. The van der Waals surface area contributed by atoms with Crippen LogP contribution in [0.3, 0.4) is 0 Å². The van der Waals surface area contributed by atoms with Crippen molar-refractivity contribution in [3.63, 3.8) is 0 Å². The van der Waals surface area contributed by atoms with Crippen LogP contribution in [0.15, 0.2) is 30.5 Å². The van der Waals surface area contributed by atoms with Gasteiger partial charge in [-0.1, -0.05) is 6.92 Å². The first-order chi connectivity index (χ1) is 8.85. The third kappa shape index (κ3) is 2.36. The van der Waals surface area contributed by atoms with Crippen LogP contribution in [0, 0.1) is 0 Å². The number of rotatable bonds is 3. The summed E-state index contributed by atoms with van der Waals surface area (Å²) in [5, 5.41) is 4.95.